The topological polar surface area (TPSA) is 24.0 Å². The van der Waals surface area contributed by atoms with Crippen LogP contribution in [-0.2, 0) is 0 Å². The summed E-state index contributed by atoms with van der Waals surface area (Å²) < 4.78 is 2.40. The summed E-state index contributed by atoms with van der Waals surface area (Å²) in [5.74, 6) is 0. The quantitative estimate of drug-likeness (QED) is 0.256. The molecular formula is C36H25N3. The van der Waals surface area contributed by atoms with Crippen LogP contribution in [0.3, 0.4) is 0 Å². The molecule has 0 unspecified atom stereocenters. The lowest BCUT2D eigenvalue weighted by atomic mass is 10.1. The number of nitrogens with zero attached hydrogens (tertiary/aromatic N) is 2. The Hall–Kier alpha value is -5.28. The van der Waals surface area contributed by atoms with E-state index in [2.05, 4.69) is 160 Å². The van der Waals surface area contributed by atoms with Crippen LogP contribution in [0.15, 0.2) is 146 Å². The maximum absolute atomic E-state index is 3.81. The summed E-state index contributed by atoms with van der Waals surface area (Å²) in [7, 11) is 0. The largest absolute Gasteiger partial charge is 0.353 e. The van der Waals surface area contributed by atoms with Gasteiger partial charge in [0.05, 0.1) is 27.9 Å². The first-order valence-corrected chi connectivity index (χ1v) is 13.3. The van der Waals surface area contributed by atoms with Crippen LogP contribution in [0.1, 0.15) is 0 Å². The zero-order valence-corrected chi connectivity index (χ0v) is 21.3. The molecule has 0 saturated carbocycles. The maximum atomic E-state index is 3.81. The van der Waals surface area contributed by atoms with E-state index in [9.17, 15) is 0 Å². The fraction of sp³-hybridized carbons (Fsp3) is 0. The number of rotatable bonds is 4. The van der Waals surface area contributed by atoms with E-state index in [-0.39, 0.29) is 0 Å². The number of para-hydroxylation sites is 5. The van der Waals surface area contributed by atoms with E-state index in [0.29, 0.717) is 0 Å². The first kappa shape index (κ1) is 21.8. The van der Waals surface area contributed by atoms with E-state index in [0.717, 1.165) is 33.8 Å². The SMILES string of the molecule is c1ccc(N(c2ccccc2)c2cccc3[nH]c4c(-n5c6ccccc6c6ccccc65)cccc4c23)cc1. The number of aromatic amines is 1. The summed E-state index contributed by atoms with van der Waals surface area (Å²) in [4.78, 5) is 6.16. The van der Waals surface area contributed by atoms with Crippen LogP contribution in [0, 0.1) is 0 Å². The third-order valence-corrected chi connectivity index (χ3v) is 7.70. The zero-order valence-electron chi connectivity index (χ0n) is 21.3. The van der Waals surface area contributed by atoms with Crippen LogP contribution in [0.25, 0.3) is 49.3 Å². The van der Waals surface area contributed by atoms with Crippen molar-refractivity contribution in [3.63, 3.8) is 0 Å². The Bertz CT molecular complexity index is 2030. The summed E-state index contributed by atoms with van der Waals surface area (Å²) in [6, 6.07) is 51.8. The predicted octanol–water partition coefficient (Wildman–Crippen LogP) is 9.89. The summed E-state index contributed by atoms with van der Waals surface area (Å²) in [6.45, 7) is 0. The normalized spacial score (nSPS) is 11.6. The Morgan fingerprint density at radius 3 is 1.64 bits per heavy atom. The van der Waals surface area contributed by atoms with E-state index < -0.39 is 0 Å². The molecule has 0 radical (unpaired) electrons. The number of H-pyrrole nitrogens is 1. The molecule has 6 aromatic carbocycles. The van der Waals surface area contributed by atoms with Crippen molar-refractivity contribution in [1.82, 2.24) is 9.55 Å². The maximum Gasteiger partial charge on any atom is 0.0710 e. The molecule has 184 valence electrons. The van der Waals surface area contributed by atoms with Crippen LogP contribution < -0.4 is 4.90 Å². The summed E-state index contributed by atoms with van der Waals surface area (Å²) in [6.07, 6.45) is 0. The van der Waals surface area contributed by atoms with Crippen molar-refractivity contribution in [2.24, 2.45) is 0 Å². The van der Waals surface area contributed by atoms with Crippen molar-refractivity contribution >= 4 is 60.7 Å². The van der Waals surface area contributed by atoms with E-state index in [1.54, 1.807) is 0 Å². The fourth-order valence-electron chi connectivity index (χ4n) is 6.08. The van der Waals surface area contributed by atoms with Gasteiger partial charge in [-0.3, -0.25) is 0 Å². The second-order valence-corrected chi connectivity index (χ2v) is 9.90. The third-order valence-electron chi connectivity index (χ3n) is 7.70. The van der Waals surface area contributed by atoms with Gasteiger partial charge in [0.25, 0.3) is 0 Å². The summed E-state index contributed by atoms with van der Waals surface area (Å²) in [5, 5.41) is 4.95. The minimum atomic E-state index is 1.12. The Kier molecular flexibility index (Phi) is 4.82. The molecular weight excluding hydrogens is 474 g/mol. The molecule has 0 aliphatic rings. The highest BCUT2D eigenvalue weighted by Crippen LogP contribution is 2.43. The molecule has 0 aliphatic heterocycles. The molecule has 2 aromatic heterocycles. The first-order valence-electron chi connectivity index (χ1n) is 13.3. The number of aromatic nitrogens is 2. The van der Waals surface area contributed by atoms with Crippen LogP contribution in [0.2, 0.25) is 0 Å². The van der Waals surface area contributed by atoms with Gasteiger partial charge in [0.15, 0.2) is 0 Å². The standard InChI is InChI=1S/C36H25N3/c1-3-13-25(14-4-1)38(26-15-5-2-6-16-26)33-23-12-20-30-35(33)29-19-11-24-34(36(29)37-30)39-31-21-9-7-17-27(31)28-18-8-10-22-32(28)39/h1-24,37H. The number of hydrogen-bond acceptors (Lipinski definition) is 1. The van der Waals surface area contributed by atoms with Crippen molar-refractivity contribution in [1.29, 1.82) is 0 Å². The van der Waals surface area contributed by atoms with Crippen LogP contribution in [0.5, 0.6) is 0 Å². The van der Waals surface area contributed by atoms with Crippen molar-refractivity contribution in [2.45, 2.75) is 0 Å². The molecule has 0 atom stereocenters. The van der Waals surface area contributed by atoms with Crippen LogP contribution >= 0.6 is 0 Å². The highest BCUT2D eigenvalue weighted by atomic mass is 15.1. The molecule has 0 bridgehead atoms. The van der Waals surface area contributed by atoms with Crippen molar-refractivity contribution in [2.75, 3.05) is 4.90 Å². The molecule has 8 aromatic rings. The second-order valence-electron chi connectivity index (χ2n) is 9.90. The Morgan fingerprint density at radius 2 is 1.00 bits per heavy atom. The number of benzene rings is 6. The van der Waals surface area contributed by atoms with Gasteiger partial charge in [-0.15, -0.1) is 0 Å². The van der Waals surface area contributed by atoms with E-state index >= 15 is 0 Å². The minimum Gasteiger partial charge on any atom is -0.353 e. The number of fused-ring (bicyclic) bond motifs is 6. The molecule has 0 amide bonds. The van der Waals surface area contributed by atoms with Crippen molar-refractivity contribution < 1.29 is 0 Å². The number of hydrogen-bond donors (Lipinski definition) is 1. The molecule has 0 fully saturated rings. The molecule has 0 aliphatic carbocycles. The van der Waals surface area contributed by atoms with Crippen molar-refractivity contribution in [3.05, 3.63) is 146 Å². The highest BCUT2D eigenvalue weighted by Gasteiger charge is 2.20. The monoisotopic (exact) mass is 499 g/mol. The third kappa shape index (κ3) is 3.30. The minimum absolute atomic E-state index is 1.12. The molecule has 3 nitrogen and oxygen atoms in total. The van der Waals surface area contributed by atoms with E-state index in [4.69, 9.17) is 0 Å². The van der Waals surface area contributed by atoms with E-state index in [1.807, 2.05) is 0 Å². The van der Waals surface area contributed by atoms with Gasteiger partial charge in [0.1, 0.15) is 0 Å². The van der Waals surface area contributed by atoms with Crippen LogP contribution in [0.4, 0.5) is 17.1 Å². The molecule has 8 rings (SSSR count). The molecule has 0 saturated heterocycles. The van der Waals surface area contributed by atoms with Gasteiger partial charge in [-0.25, -0.2) is 0 Å². The van der Waals surface area contributed by atoms with Gasteiger partial charge in [0.2, 0.25) is 0 Å². The van der Waals surface area contributed by atoms with E-state index in [1.165, 1.54) is 32.6 Å². The molecule has 2 heterocycles. The molecule has 3 heteroatoms. The van der Waals surface area contributed by atoms with Gasteiger partial charge in [-0.1, -0.05) is 91.0 Å². The van der Waals surface area contributed by atoms with Gasteiger partial charge >= 0.3 is 0 Å². The van der Waals surface area contributed by atoms with Crippen molar-refractivity contribution in [3.8, 4) is 5.69 Å². The van der Waals surface area contributed by atoms with Gasteiger partial charge in [-0.2, -0.15) is 0 Å². The summed E-state index contributed by atoms with van der Waals surface area (Å²) in [5.41, 5.74) is 9.22. The lowest BCUT2D eigenvalue weighted by Gasteiger charge is -2.26. The Morgan fingerprint density at radius 1 is 0.462 bits per heavy atom. The molecule has 0 spiro atoms. The highest BCUT2D eigenvalue weighted by molar-refractivity contribution is 6.18. The van der Waals surface area contributed by atoms with Gasteiger partial charge in [0, 0.05) is 38.4 Å². The Labute approximate surface area is 226 Å². The Balaban J connectivity index is 1.45. The average Bonchev–Trinajstić information content (AvgIpc) is 3.55. The lowest BCUT2D eigenvalue weighted by Crippen LogP contribution is -2.09. The average molecular weight is 500 g/mol. The number of nitrogens with one attached hydrogen (secondary N) is 1. The second kappa shape index (κ2) is 8.64. The first-order chi connectivity index (χ1) is 19.4. The van der Waals surface area contributed by atoms with Crippen LogP contribution in [-0.4, -0.2) is 9.55 Å². The lowest BCUT2D eigenvalue weighted by molar-refractivity contribution is 1.19. The van der Waals surface area contributed by atoms with Gasteiger partial charge < -0.3 is 14.5 Å². The number of anilines is 3. The molecule has 39 heavy (non-hydrogen) atoms. The smallest absolute Gasteiger partial charge is 0.0710 e. The fourth-order valence-corrected chi connectivity index (χ4v) is 6.08. The molecule has 1 N–H and O–H groups in total. The van der Waals surface area contributed by atoms with Gasteiger partial charge in [-0.05, 0) is 54.6 Å². The predicted molar refractivity (Wildman–Crippen MR) is 165 cm³/mol. The summed E-state index contributed by atoms with van der Waals surface area (Å²) >= 11 is 0. The zero-order chi connectivity index (χ0) is 25.8.